The fourth-order valence-corrected chi connectivity index (χ4v) is 2.48. The standard InChI is InChI=1S/C18H18N2O3/c1-13(18(21)23-12-20-9-8-19-11-20)14-6-7-16-15(10-14)4-3-5-17(16)22-2/h3-11,13H,12H2,1-2H3. The van der Waals surface area contributed by atoms with Crippen molar-refractivity contribution in [3.8, 4) is 5.75 Å². The van der Waals surface area contributed by atoms with Gasteiger partial charge in [-0.25, -0.2) is 4.98 Å². The first-order valence-electron chi connectivity index (χ1n) is 7.38. The second-order valence-electron chi connectivity index (χ2n) is 5.33. The lowest BCUT2D eigenvalue weighted by atomic mass is 9.97. The molecule has 1 heterocycles. The van der Waals surface area contributed by atoms with Gasteiger partial charge in [0.05, 0.1) is 19.4 Å². The summed E-state index contributed by atoms with van der Waals surface area (Å²) < 4.78 is 12.4. The molecule has 0 aliphatic rings. The van der Waals surface area contributed by atoms with Crippen LogP contribution in [0.15, 0.2) is 55.1 Å². The number of carbonyl (C=O) groups is 1. The van der Waals surface area contributed by atoms with Crippen LogP contribution in [0.1, 0.15) is 18.4 Å². The number of benzene rings is 2. The maximum absolute atomic E-state index is 12.2. The van der Waals surface area contributed by atoms with E-state index in [0.717, 1.165) is 22.1 Å². The molecule has 0 aliphatic carbocycles. The summed E-state index contributed by atoms with van der Waals surface area (Å²) in [7, 11) is 1.65. The molecule has 23 heavy (non-hydrogen) atoms. The van der Waals surface area contributed by atoms with Crippen molar-refractivity contribution in [2.75, 3.05) is 7.11 Å². The Morgan fingerprint density at radius 3 is 2.91 bits per heavy atom. The van der Waals surface area contributed by atoms with Crippen molar-refractivity contribution in [2.24, 2.45) is 0 Å². The molecule has 0 saturated carbocycles. The van der Waals surface area contributed by atoms with Crippen LogP contribution in [-0.2, 0) is 16.3 Å². The summed E-state index contributed by atoms with van der Waals surface area (Å²) in [4.78, 5) is 16.1. The average molecular weight is 310 g/mol. The number of esters is 1. The van der Waals surface area contributed by atoms with Gasteiger partial charge in [-0.15, -0.1) is 0 Å². The Morgan fingerprint density at radius 1 is 1.30 bits per heavy atom. The Bertz CT molecular complexity index is 812. The summed E-state index contributed by atoms with van der Waals surface area (Å²) in [6, 6.07) is 11.8. The lowest BCUT2D eigenvalue weighted by Gasteiger charge is -2.13. The van der Waals surface area contributed by atoms with Gasteiger partial charge in [-0.05, 0) is 23.9 Å². The summed E-state index contributed by atoms with van der Waals surface area (Å²) in [5.74, 6) is 0.222. The van der Waals surface area contributed by atoms with Gasteiger partial charge in [0.15, 0.2) is 6.73 Å². The average Bonchev–Trinajstić information content (AvgIpc) is 3.11. The number of imidazole rings is 1. The van der Waals surface area contributed by atoms with Crippen LogP contribution in [0.2, 0.25) is 0 Å². The van der Waals surface area contributed by atoms with Crippen molar-refractivity contribution in [1.82, 2.24) is 9.55 Å². The van der Waals surface area contributed by atoms with E-state index in [9.17, 15) is 4.79 Å². The third-order valence-corrected chi connectivity index (χ3v) is 3.85. The van der Waals surface area contributed by atoms with E-state index in [1.54, 1.807) is 30.4 Å². The molecule has 0 fully saturated rings. The van der Waals surface area contributed by atoms with E-state index in [2.05, 4.69) is 4.98 Å². The number of ether oxygens (including phenoxy) is 2. The second-order valence-corrected chi connectivity index (χ2v) is 5.33. The lowest BCUT2D eigenvalue weighted by Crippen LogP contribution is -2.15. The Morgan fingerprint density at radius 2 is 2.17 bits per heavy atom. The maximum atomic E-state index is 12.2. The fraction of sp³-hybridized carbons (Fsp3) is 0.222. The van der Waals surface area contributed by atoms with Gasteiger partial charge in [-0.3, -0.25) is 4.79 Å². The molecule has 2 aromatic carbocycles. The third kappa shape index (κ3) is 3.18. The van der Waals surface area contributed by atoms with Crippen LogP contribution in [0.3, 0.4) is 0 Å². The predicted molar refractivity (Wildman–Crippen MR) is 87.2 cm³/mol. The quantitative estimate of drug-likeness (QED) is 0.678. The molecule has 0 aliphatic heterocycles. The van der Waals surface area contributed by atoms with Crippen LogP contribution in [0.25, 0.3) is 10.8 Å². The molecular weight excluding hydrogens is 292 g/mol. The monoisotopic (exact) mass is 310 g/mol. The number of aromatic nitrogens is 2. The smallest absolute Gasteiger partial charge is 0.314 e. The lowest BCUT2D eigenvalue weighted by molar-refractivity contribution is -0.148. The zero-order chi connectivity index (χ0) is 16.2. The zero-order valence-electron chi connectivity index (χ0n) is 13.1. The highest BCUT2D eigenvalue weighted by Gasteiger charge is 2.17. The Kier molecular flexibility index (Phi) is 4.28. The van der Waals surface area contributed by atoms with Gasteiger partial charge in [0, 0.05) is 17.8 Å². The largest absolute Gasteiger partial charge is 0.496 e. The van der Waals surface area contributed by atoms with Crippen LogP contribution in [-0.4, -0.2) is 22.6 Å². The van der Waals surface area contributed by atoms with Crippen molar-refractivity contribution in [2.45, 2.75) is 19.6 Å². The van der Waals surface area contributed by atoms with Gasteiger partial charge in [-0.1, -0.05) is 30.3 Å². The number of fused-ring (bicyclic) bond motifs is 1. The molecule has 3 aromatic rings. The van der Waals surface area contributed by atoms with Crippen LogP contribution in [0.5, 0.6) is 5.75 Å². The molecule has 0 radical (unpaired) electrons. The second kappa shape index (κ2) is 6.52. The molecule has 3 rings (SSSR count). The van der Waals surface area contributed by atoms with Crippen LogP contribution in [0.4, 0.5) is 0 Å². The molecule has 0 N–H and O–H groups in total. The van der Waals surface area contributed by atoms with Crippen LogP contribution in [0, 0.1) is 0 Å². The number of rotatable bonds is 5. The zero-order valence-corrected chi connectivity index (χ0v) is 13.1. The molecule has 0 saturated heterocycles. The minimum absolute atomic E-state index is 0.171. The molecule has 1 atom stereocenters. The third-order valence-electron chi connectivity index (χ3n) is 3.85. The van der Waals surface area contributed by atoms with E-state index in [4.69, 9.17) is 9.47 Å². The van der Waals surface area contributed by atoms with E-state index in [1.165, 1.54) is 0 Å². The Hall–Kier alpha value is -2.82. The van der Waals surface area contributed by atoms with Gasteiger partial charge >= 0.3 is 5.97 Å². The van der Waals surface area contributed by atoms with Gasteiger partial charge < -0.3 is 14.0 Å². The maximum Gasteiger partial charge on any atom is 0.314 e. The number of methoxy groups -OCH3 is 1. The van der Waals surface area contributed by atoms with Gasteiger partial charge in [0.2, 0.25) is 0 Å². The molecular formula is C18H18N2O3. The molecule has 0 spiro atoms. The van der Waals surface area contributed by atoms with E-state index in [1.807, 2.05) is 43.3 Å². The van der Waals surface area contributed by atoms with E-state index >= 15 is 0 Å². The normalized spacial score (nSPS) is 12.1. The number of hydrogen-bond acceptors (Lipinski definition) is 4. The number of carbonyl (C=O) groups excluding carboxylic acids is 1. The minimum atomic E-state index is -0.339. The summed E-state index contributed by atoms with van der Waals surface area (Å²) in [5, 5.41) is 2.06. The molecule has 0 amide bonds. The van der Waals surface area contributed by atoms with Crippen LogP contribution >= 0.6 is 0 Å². The number of nitrogens with zero attached hydrogens (tertiary/aromatic N) is 2. The van der Waals surface area contributed by atoms with Crippen molar-refractivity contribution in [1.29, 1.82) is 0 Å². The minimum Gasteiger partial charge on any atom is -0.496 e. The number of hydrogen-bond donors (Lipinski definition) is 0. The first-order chi connectivity index (χ1) is 11.2. The molecule has 1 aromatic heterocycles. The van der Waals surface area contributed by atoms with Gasteiger partial charge in [0.25, 0.3) is 0 Å². The molecule has 0 bridgehead atoms. The summed E-state index contributed by atoms with van der Waals surface area (Å²) in [6.45, 7) is 2.02. The topological polar surface area (TPSA) is 53.4 Å². The molecule has 1 unspecified atom stereocenters. The first-order valence-corrected chi connectivity index (χ1v) is 7.38. The summed E-state index contributed by atoms with van der Waals surface area (Å²) in [6.07, 6.45) is 5.01. The Labute approximate surface area is 134 Å². The van der Waals surface area contributed by atoms with Crippen molar-refractivity contribution in [3.05, 3.63) is 60.7 Å². The first kappa shape index (κ1) is 15.1. The van der Waals surface area contributed by atoms with E-state index in [0.29, 0.717) is 0 Å². The molecule has 5 nitrogen and oxygen atoms in total. The molecule has 5 heteroatoms. The highest BCUT2D eigenvalue weighted by molar-refractivity contribution is 5.90. The Balaban J connectivity index is 1.77. The predicted octanol–water partition coefficient (Wildman–Crippen LogP) is 3.35. The van der Waals surface area contributed by atoms with Crippen molar-refractivity contribution >= 4 is 16.7 Å². The van der Waals surface area contributed by atoms with E-state index < -0.39 is 0 Å². The van der Waals surface area contributed by atoms with Gasteiger partial charge in [-0.2, -0.15) is 0 Å². The SMILES string of the molecule is COc1cccc2cc(C(C)C(=O)OCn3ccnc3)ccc12. The van der Waals surface area contributed by atoms with Crippen molar-refractivity contribution < 1.29 is 14.3 Å². The molecule has 118 valence electrons. The van der Waals surface area contributed by atoms with Crippen molar-refractivity contribution in [3.63, 3.8) is 0 Å². The highest BCUT2D eigenvalue weighted by atomic mass is 16.5. The van der Waals surface area contributed by atoms with Crippen LogP contribution < -0.4 is 4.74 Å². The fourth-order valence-electron chi connectivity index (χ4n) is 2.48. The highest BCUT2D eigenvalue weighted by Crippen LogP contribution is 2.28. The van der Waals surface area contributed by atoms with E-state index in [-0.39, 0.29) is 18.6 Å². The summed E-state index contributed by atoms with van der Waals surface area (Å²) in [5.41, 5.74) is 0.918. The summed E-state index contributed by atoms with van der Waals surface area (Å²) >= 11 is 0. The van der Waals surface area contributed by atoms with Gasteiger partial charge in [0.1, 0.15) is 5.75 Å².